The summed E-state index contributed by atoms with van der Waals surface area (Å²) < 4.78 is 0.429. The van der Waals surface area contributed by atoms with Crippen LogP contribution in [0.15, 0.2) is 47.4 Å². The normalized spacial score (nSPS) is 15.7. The zero-order chi connectivity index (χ0) is 19.6. The number of nitrogens with one attached hydrogen (secondary N) is 1. The van der Waals surface area contributed by atoms with Gasteiger partial charge in [0.25, 0.3) is 5.91 Å². The smallest absolute Gasteiger partial charge is 0.303 e. The molecule has 0 unspecified atom stereocenters. The van der Waals surface area contributed by atoms with Crippen LogP contribution in [0.5, 0.6) is 0 Å². The highest BCUT2D eigenvalue weighted by molar-refractivity contribution is 8.26. The van der Waals surface area contributed by atoms with Gasteiger partial charge in [-0.1, -0.05) is 66.5 Å². The van der Waals surface area contributed by atoms with Crippen molar-refractivity contribution in [3.63, 3.8) is 0 Å². The number of thiocarbonyl (C=S) groups is 1. The van der Waals surface area contributed by atoms with Gasteiger partial charge in [0.15, 0.2) is 0 Å². The molecule has 0 aromatic heterocycles. The van der Waals surface area contributed by atoms with Crippen LogP contribution in [0.4, 0.5) is 0 Å². The largest absolute Gasteiger partial charge is 0.481 e. The number of carboxylic acid groups (broad SMARTS) is 1. The van der Waals surface area contributed by atoms with E-state index < -0.39 is 5.97 Å². The average molecular weight is 405 g/mol. The Morgan fingerprint density at radius 3 is 2.67 bits per heavy atom. The van der Waals surface area contributed by atoms with Crippen LogP contribution in [0.25, 0.3) is 6.08 Å². The van der Waals surface area contributed by atoms with Gasteiger partial charge in [-0.25, -0.2) is 0 Å². The summed E-state index contributed by atoms with van der Waals surface area (Å²) in [6, 6.07) is 9.73. The number of rotatable bonds is 9. The molecule has 0 radical (unpaired) electrons. The number of aliphatic carboxylic acids is 1. The number of carboxylic acids is 1. The van der Waals surface area contributed by atoms with E-state index in [0.29, 0.717) is 22.2 Å². The number of nitrogens with zero attached hydrogens (tertiary/aromatic N) is 1. The van der Waals surface area contributed by atoms with E-state index in [2.05, 4.69) is 5.32 Å². The van der Waals surface area contributed by atoms with E-state index in [0.717, 1.165) is 5.56 Å². The summed E-state index contributed by atoms with van der Waals surface area (Å²) in [5, 5.41) is 11.2. The van der Waals surface area contributed by atoms with Crippen LogP contribution in [0.2, 0.25) is 0 Å². The number of thioether (sulfide) groups is 1. The maximum Gasteiger partial charge on any atom is 0.303 e. The first-order chi connectivity index (χ1) is 13.0. The van der Waals surface area contributed by atoms with E-state index in [1.807, 2.05) is 36.4 Å². The Bertz CT molecular complexity index is 775. The molecule has 2 N–H and O–H groups in total. The monoisotopic (exact) mass is 404 g/mol. The molecular formula is C19H20N2O4S2. The Morgan fingerprint density at radius 1 is 1.22 bits per heavy atom. The maximum atomic E-state index is 12.4. The minimum absolute atomic E-state index is 0.0102. The van der Waals surface area contributed by atoms with Crippen LogP contribution in [0, 0.1) is 0 Å². The van der Waals surface area contributed by atoms with E-state index in [1.165, 1.54) is 16.7 Å². The second kappa shape index (κ2) is 10.6. The van der Waals surface area contributed by atoms with E-state index in [4.69, 9.17) is 17.3 Å². The minimum Gasteiger partial charge on any atom is -0.481 e. The Kier molecular flexibility index (Phi) is 8.22. The predicted molar refractivity (Wildman–Crippen MR) is 110 cm³/mol. The maximum absolute atomic E-state index is 12.4. The van der Waals surface area contributed by atoms with E-state index >= 15 is 0 Å². The quantitative estimate of drug-likeness (QED) is 0.374. The first kappa shape index (κ1) is 20.9. The van der Waals surface area contributed by atoms with Crippen molar-refractivity contribution in [2.45, 2.75) is 19.3 Å². The van der Waals surface area contributed by atoms with Crippen molar-refractivity contribution in [3.8, 4) is 0 Å². The highest BCUT2D eigenvalue weighted by Gasteiger charge is 2.31. The first-order valence-electron chi connectivity index (χ1n) is 8.43. The van der Waals surface area contributed by atoms with Crippen LogP contribution in [-0.4, -0.2) is 45.2 Å². The SMILES string of the molecule is O=C(O)CCCNC(=O)CCN1C(=O)/C(=C\C=C\c2ccccc2)SC1=S. The van der Waals surface area contributed by atoms with E-state index in [1.54, 1.807) is 12.2 Å². The van der Waals surface area contributed by atoms with Gasteiger partial charge in [0.1, 0.15) is 4.32 Å². The second-order valence-electron chi connectivity index (χ2n) is 5.72. The third-order valence-corrected chi connectivity index (χ3v) is 5.06. The molecule has 0 aliphatic carbocycles. The molecule has 1 fully saturated rings. The molecule has 27 heavy (non-hydrogen) atoms. The Hall–Kier alpha value is -2.45. The van der Waals surface area contributed by atoms with Crippen molar-refractivity contribution < 1.29 is 19.5 Å². The molecule has 2 amide bonds. The number of amides is 2. The Labute approximate surface area is 167 Å². The molecule has 2 rings (SSSR count). The highest BCUT2D eigenvalue weighted by Crippen LogP contribution is 2.31. The van der Waals surface area contributed by atoms with Crippen molar-refractivity contribution in [1.82, 2.24) is 10.2 Å². The molecule has 0 bridgehead atoms. The fraction of sp³-hybridized carbons (Fsp3) is 0.263. The van der Waals surface area contributed by atoms with Gasteiger partial charge in [-0.2, -0.15) is 0 Å². The fourth-order valence-corrected chi connectivity index (χ4v) is 3.55. The van der Waals surface area contributed by atoms with Crippen LogP contribution in [-0.2, 0) is 14.4 Å². The number of carbonyl (C=O) groups excluding carboxylic acids is 2. The number of carbonyl (C=O) groups is 3. The molecule has 1 aromatic rings. The molecule has 142 valence electrons. The van der Waals surface area contributed by atoms with Gasteiger partial charge in [-0.05, 0) is 18.1 Å². The lowest BCUT2D eigenvalue weighted by Crippen LogP contribution is -2.33. The molecule has 0 saturated carbocycles. The number of benzene rings is 1. The summed E-state index contributed by atoms with van der Waals surface area (Å²) >= 11 is 6.45. The van der Waals surface area contributed by atoms with Crippen molar-refractivity contribution in [2.24, 2.45) is 0 Å². The molecule has 1 saturated heterocycles. The molecule has 0 atom stereocenters. The van der Waals surface area contributed by atoms with Crippen LogP contribution >= 0.6 is 24.0 Å². The van der Waals surface area contributed by atoms with Gasteiger partial charge in [0.05, 0.1) is 4.91 Å². The molecule has 1 aliphatic rings. The molecule has 0 spiro atoms. The Morgan fingerprint density at radius 2 is 1.96 bits per heavy atom. The fourth-order valence-electron chi connectivity index (χ4n) is 2.29. The topological polar surface area (TPSA) is 86.7 Å². The predicted octanol–water partition coefficient (Wildman–Crippen LogP) is 2.82. The van der Waals surface area contributed by atoms with Crippen molar-refractivity contribution in [1.29, 1.82) is 0 Å². The molecule has 1 heterocycles. The zero-order valence-corrected chi connectivity index (χ0v) is 16.2. The van der Waals surface area contributed by atoms with Crippen LogP contribution in [0.1, 0.15) is 24.8 Å². The summed E-state index contributed by atoms with van der Waals surface area (Å²) in [6.07, 6.45) is 5.92. The zero-order valence-electron chi connectivity index (χ0n) is 14.6. The minimum atomic E-state index is -0.894. The van der Waals surface area contributed by atoms with E-state index in [-0.39, 0.29) is 31.2 Å². The van der Waals surface area contributed by atoms with Gasteiger partial charge in [-0.3, -0.25) is 19.3 Å². The van der Waals surface area contributed by atoms with Gasteiger partial charge in [-0.15, -0.1) is 0 Å². The lowest BCUT2D eigenvalue weighted by molar-refractivity contribution is -0.137. The van der Waals surface area contributed by atoms with Gasteiger partial charge >= 0.3 is 5.97 Å². The summed E-state index contributed by atoms with van der Waals surface area (Å²) in [4.78, 5) is 36.6. The van der Waals surface area contributed by atoms with Crippen molar-refractivity contribution >= 4 is 52.2 Å². The number of hydrogen-bond acceptors (Lipinski definition) is 5. The first-order valence-corrected chi connectivity index (χ1v) is 9.65. The van der Waals surface area contributed by atoms with Crippen molar-refractivity contribution in [2.75, 3.05) is 13.1 Å². The standard InChI is InChI=1S/C19H20N2O4S2/c22-16(20-12-5-10-17(23)24)11-13-21-18(25)15(27-19(21)26)9-4-8-14-6-2-1-3-7-14/h1-4,6-9H,5,10-13H2,(H,20,22)(H,23,24)/b8-4+,15-9+. The molecular weight excluding hydrogens is 384 g/mol. The summed E-state index contributed by atoms with van der Waals surface area (Å²) in [7, 11) is 0. The lowest BCUT2D eigenvalue weighted by Gasteiger charge is -2.14. The third kappa shape index (κ3) is 6.99. The van der Waals surface area contributed by atoms with Gasteiger partial charge in [0.2, 0.25) is 5.91 Å². The molecule has 1 aliphatic heterocycles. The molecule has 8 heteroatoms. The number of allylic oxidation sites excluding steroid dienone is 2. The summed E-state index contributed by atoms with van der Waals surface area (Å²) in [6.45, 7) is 0.503. The summed E-state index contributed by atoms with van der Waals surface area (Å²) in [5.74, 6) is -1.33. The van der Waals surface area contributed by atoms with Gasteiger partial charge < -0.3 is 10.4 Å². The summed E-state index contributed by atoms with van der Waals surface area (Å²) in [5.41, 5.74) is 1.03. The third-order valence-electron chi connectivity index (χ3n) is 3.66. The second-order valence-corrected chi connectivity index (χ2v) is 7.40. The average Bonchev–Trinajstić information content (AvgIpc) is 2.91. The van der Waals surface area contributed by atoms with Gasteiger partial charge in [0, 0.05) is 25.9 Å². The number of hydrogen-bond donors (Lipinski definition) is 2. The van der Waals surface area contributed by atoms with Crippen LogP contribution in [0.3, 0.4) is 0 Å². The van der Waals surface area contributed by atoms with E-state index in [9.17, 15) is 14.4 Å². The molecule has 6 nitrogen and oxygen atoms in total. The molecule has 1 aromatic carbocycles. The highest BCUT2D eigenvalue weighted by atomic mass is 32.2. The van der Waals surface area contributed by atoms with Crippen molar-refractivity contribution in [3.05, 3.63) is 53.0 Å². The lowest BCUT2D eigenvalue weighted by atomic mass is 10.2. The van der Waals surface area contributed by atoms with Crippen LogP contribution < -0.4 is 5.32 Å². The Balaban J connectivity index is 1.81.